The van der Waals surface area contributed by atoms with E-state index in [2.05, 4.69) is 36.5 Å². The van der Waals surface area contributed by atoms with Gasteiger partial charge < -0.3 is 10.4 Å². The van der Waals surface area contributed by atoms with Crippen molar-refractivity contribution in [1.82, 2.24) is 5.32 Å². The van der Waals surface area contributed by atoms with Crippen LogP contribution < -0.4 is 5.32 Å². The first-order valence-electron chi connectivity index (χ1n) is 6.32. The second-order valence-electron chi connectivity index (χ2n) is 4.51. The van der Waals surface area contributed by atoms with E-state index in [1.54, 1.807) is 12.1 Å². The van der Waals surface area contributed by atoms with E-state index in [0.717, 1.165) is 18.5 Å². The van der Waals surface area contributed by atoms with Gasteiger partial charge in [-0.2, -0.15) is 0 Å². The van der Waals surface area contributed by atoms with E-state index >= 15 is 0 Å². The smallest absolute Gasteiger partial charge is 0.115 e. The van der Waals surface area contributed by atoms with Crippen molar-refractivity contribution in [1.29, 1.82) is 0 Å². The SMILES string of the molecule is CC(NCCc1ccccc1)c1cccc(O)c1. The Kier molecular flexibility index (Phi) is 4.37. The van der Waals surface area contributed by atoms with Crippen LogP contribution in [0.3, 0.4) is 0 Å². The molecule has 0 aliphatic carbocycles. The molecule has 0 aliphatic heterocycles. The highest BCUT2D eigenvalue weighted by Gasteiger charge is 2.04. The summed E-state index contributed by atoms with van der Waals surface area (Å²) < 4.78 is 0. The largest absolute Gasteiger partial charge is 0.508 e. The number of aromatic hydroxyl groups is 1. The van der Waals surface area contributed by atoms with Crippen LogP contribution in [0.25, 0.3) is 0 Å². The number of benzene rings is 2. The summed E-state index contributed by atoms with van der Waals surface area (Å²) in [4.78, 5) is 0. The molecule has 2 heteroatoms. The molecular formula is C16H19NO. The molecule has 0 radical (unpaired) electrons. The highest BCUT2D eigenvalue weighted by molar-refractivity contribution is 5.29. The molecule has 0 amide bonds. The van der Waals surface area contributed by atoms with Crippen LogP contribution in [0.2, 0.25) is 0 Å². The number of rotatable bonds is 5. The molecular weight excluding hydrogens is 222 g/mol. The van der Waals surface area contributed by atoms with Crippen molar-refractivity contribution in [2.75, 3.05) is 6.54 Å². The fraction of sp³-hybridized carbons (Fsp3) is 0.250. The predicted octanol–water partition coefficient (Wildman–Crippen LogP) is 3.29. The van der Waals surface area contributed by atoms with Gasteiger partial charge in [0, 0.05) is 6.04 Å². The molecule has 0 heterocycles. The summed E-state index contributed by atoms with van der Waals surface area (Å²) in [6.07, 6.45) is 1.02. The van der Waals surface area contributed by atoms with Crippen LogP contribution in [0.5, 0.6) is 5.75 Å². The molecule has 0 bridgehead atoms. The zero-order valence-corrected chi connectivity index (χ0v) is 10.6. The monoisotopic (exact) mass is 241 g/mol. The van der Waals surface area contributed by atoms with Gasteiger partial charge in [-0.1, -0.05) is 42.5 Å². The van der Waals surface area contributed by atoms with Crippen molar-refractivity contribution < 1.29 is 5.11 Å². The Bertz CT molecular complexity index is 481. The normalized spacial score (nSPS) is 12.3. The van der Waals surface area contributed by atoms with Gasteiger partial charge in [0.2, 0.25) is 0 Å². The van der Waals surface area contributed by atoms with Crippen molar-refractivity contribution >= 4 is 0 Å². The van der Waals surface area contributed by atoms with Gasteiger partial charge in [0.15, 0.2) is 0 Å². The van der Waals surface area contributed by atoms with Crippen molar-refractivity contribution in [2.45, 2.75) is 19.4 Å². The molecule has 94 valence electrons. The molecule has 0 aromatic heterocycles. The molecule has 0 fully saturated rings. The summed E-state index contributed by atoms with van der Waals surface area (Å²) >= 11 is 0. The minimum absolute atomic E-state index is 0.251. The Balaban J connectivity index is 1.83. The lowest BCUT2D eigenvalue weighted by Crippen LogP contribution is -2.21. The number of phenols is 1. The van der Waals surface area contributed by atoms with Crippen molar-refractivity contribution in [3.05, 3.63) is 65.7 Å². The van der Waals surface area contributed by atoms with Crippen LogP contribution in [-0.2, 0) is 6.42 Å². The summed E-state index contributed by atoms with van der Waals surface area (Å²) in [5.41, 5.74) is 2.45. The van der Waals surface area contributed by atoms with Crippen molar-refractivity contribution in [3.8, 4) is 5.75 Å². The molecule has 2 rings (SSSR count). The third kappa shape index (κ3) is 3.60. The number of hydrogen-bond acceptors (Lipinski definition) is 2. The summed E-state index contributed by atoms with van der Waals surface area (Å²) in [5, 5.41) is 12.9. The Morgan fingerprint density at radius 1 is 1.06 bits per heavy atom. The van der Waals surface area contributed by atoms with E-state index in [4.69, 9.17) is 0 Å². The fourth-order valence-electron chi connectivity index (χ4n) is 1.99. The molecule has 2 aromatic carbocycles. The van der Waals surface area contributed by atoms with E-state index in [0.29, 0.717) is 5.75 Å². The van der Waals surface area contributed by atoms with Crippen LogP contribution >= 0.6 is 0 Å². The Morgan fingerprint density at radius 2 is 1.83 bits per heavy atom. The minimum Gasteiger partial charge on any atom is -0.508 e. The lowest BCUT2D eigenvalue weighted by molar-refractivity contribution is 0.472. The Morgan fingerprint density at radius 3 is 2.56 bits per heavy atom. The summed E-state index contributed by atoms with van der Waals surface area (Å²) in [5.74, 6) is 0.323. The molecule has 18 heavy (non-hydrogen) atoms. The van der Waals surface area contributed by atoms with Gasteiger partial charge >= 0.3 is 0 Å². The standard InChI is InChI=1S/C16H19NO/c1-13(15-8-5-9-16(18)12-15)17-11-10-14-6-3-2-4-7-14/h2-9,12-13,17-18H,10-11H2,1H3. The molecule has 2 N–H and O–H groups in total. The minimum atomic E-state index is 0.251. The van der Waals surface area contributed by atoms with Crippen LogP contribution in [0.1, 0.15) is 24.1 Å². The van der Waals surface area contributed by atoms with Gasteiger partial charge in [0.25, 0.3) is 0 Å². The quantitative estimate of drug-likeness (QED) is 0.842. The average Bonchev–Trinajstić information content (AvgIpc) is 2.40. The fourth-order valence-corrected chi connectivity index (χ4v) is 1.99. The molecule has 1 unspecified atom stereocenters. The highest BCUT2D eigenvalue weighted by Crippen LogP contribution is 2.17. The van der Waals surface area contributed by atoms with Crippen LogP contribution in [0.15, 0.2) is 54.6 Å². The van der Waals surface area contributed by atoms with Crippen LogP contribution in [0, 0.1) is 0 Å². The van der Waals surface area contributed by atoms with Gasteiger partial charge in [-0.3, -0.25) is 0 Å². The zero-order chi connectivity index (χ0) is 12.8. The topological polar surface area (TPSA) is 32.3 Å². The van der Waals surface area contributed by atoms with Crippen LogP contribution in [-0.4, -0.2) is 11.7 Å². The second kappa shape index (κ2) is 6.22. The Labute approximate surface area is 108 Å². The maximum absolute atomic E-state index is 9.44. The molecule has 2 nitrogen and oxygen atoms in total. The maximum Gasteiger partial charge on any atom is 0.115 e. The number of phenolic OH excluding ortho intramolecular Hbond substituents is 1. The van der Waals surface area contributed by atoms with Gasteiger partial charge in [-0.05, 0) is 43.1 Å². The van der Waals surface area contributed by atoms with Crippen molar-refractivity contribution in [3.63, 3.8) is 0 Å². The summed E-state index contributed by atoms with van der Waals surface area (Å²) in [7, 11) is 0. The Hall–Kier alpha value is -1.80. The van der Waals surface area contributed by atoms with Gasteiger partial charge in [-0.15, -0.1) is 0 Å². The molecule has 0 saturated carbocycles. The van der Waals surface area contributed by atoms with E-state index in [1.807, 2.05) is 18.2 Å². The van der Waals surface area contributed by atoms with Crippen molar-refractivity contribution in [2.24, 2.45) is 0 Å². The van der Waals surface area contributed by atoms with E-state index < -0.39 is 0 Å². The number of hydrogen-bond donors (Lipinski definition) is 2. The predicted molar refractivity (Wildman–Crippen MR) is 74.7 cm³/mol. The first-order chi connectivity index (χ1) is 8.75. The summed E-state index contributed by atoms with van der Waals surface area (Å²) in [6, 6.07) is 18.1. The van der Waals surface area contributed by atoms with Gasteiger partial charge in [-0.25, -0.2) is 0 Å². The third-order valence-electron chi connectivity index (χ3n) is 3.08. The third-order valence-corrected chi connectivity index (χ3v) is 3.08. The zero-order valence-electron chi connectivity index (χ0n) is 10.6. The molecule has 0 aliphatic rings. The molecule has 0 saturated heterocycles. The van der Waals surface area contributed by atoms with E-state index in [-0.39, 0.29) is 6.04 Å². The second-order valence-corrected chi connectivity index (χ2v) is 4.51. The van der Waals surface area contributed by atoms with Gasteiger partial charge in [0.1, 0.15) is 5.75 Å². The van der Waals surface area contributed by atoms with Gasteiger partial charge in [0.05, 0.1) is 0 Å². The highest BCUT2D eigenvalue weighted by atomic mass is 16.3. The molecule has 2 aromatic rings. The lowest BCUT2D eigenvalue weighted by atomic mass is 10.1. The first kappa shape index (κ1) is 12.7. The molecule has 1 atom stereocenters. The average molecular weight is 241 g/mol. The summed E-state index contributed by atoms with van der Waals surface area (Å²) in [6.45, 7) is 3.04. The van der Waals surface area contributed by atoms with E-state index in [9.17, 15) is 5.11 Å². The van der Waals surface area contributed by atoms with E-state index in [1.165, 1.54) is 5.56 Å². The molecule has 0 spiro atoms. The lowest BCUT2D eigenvalue weighted by Gasteiger charge is -2.14. The first-order valence-corrected chi connectivity index (χ1v) is 6.32. The number of nitrogens with one attached hydrogen (secondary N) is 1. The van der Waals surface area contributed by atoms with Crippen LogP contribution in [0.4, 0.5) is 0 Å². The maximum atomic E-state index is 9.44.